The zero-order valence-corrected chi connectivity index (χ0v) is 10.0. The maximum atomic E-state index is 9.21. The van der Waals surface area contributed by atoms with Crippen LogP contribution in [0.1, 0.15) is 33.1 Å². The van der Waals surface area contributed by atoms with E-state index in [-0.39, 0.29) is 12.1 Å². The predicted octanol–water partition coefficient (Wildman–Crippen LogP) is 3.71. The summed E-state index contributed by atoms with van der Waals surface area (Å²) in [7, 11) is 0. The summed E-state index contributed by atoms with van der Waals surface area (Å²) in [4.78, 5) is 0. The SMILES string of the molecule is CCC(CCC(C)O)N=Nc1ccccc1. The molecule has 0 aliphatic carbocycles. The first-order valence-corrected chi connectivity index (χ1v) is 5.86. The molecule has 0 radical (unpaired) electrons. The van der Waals surface area contributed by atoms with Crippen molar-refractivity contribution in [3.63, 3.8) is 0 Å². The molecule has 2 unspecified atom stereocenters. The van der Waals surface area contributed by atoms with Gasteiger partial charge in [0.1, 0.15) is 0 Å². The Hall–Kier alpha value is -1.22. The molecule has 0 amide bonds. The minimum atomic E-state index is -0.249. The topological polar surface area (TPSA) is 45.0 Å². The molecule has 0 fully saturated rings. The lowest BCUT2D eigenvalue weighted by molar-refractivity contribution is 0.178. The van der Waals surface area contributed by atoms with Gasteiger partial charge in [0, 0.05) is 0 Å². The molecular formula is C13H20N2O. The lowest BCUT2D eigenvalue weighted by Gasteiger charge is -2.09. The Morgan fingerprint density at radius 2 is 1.88 bits per heavy atom. The van der Waals surface area contributed by atoms with Crippen LogP contribution in [0, 0.1) is 0 Å². The summed E-state index contributed by atoms with van der Waals surface area (Å²) < 4.78 is 0. The molecule has 0 aliphatic heterocycles. The summed E-state index contributed by atoms with van der Waals surface area (Å²) in [5.74, 6) is 0. The van der Waals surface area contributed by atoms with E-state index in [2.05, 4.69) is 17.2 Å². The zero-order valence-electron chi connectivity index (χ0n) is 10.0. The first kappa shape index (κ1) is 12.8. The third-order valence-electron chi connectivity index (χ3n) is 2.48. The molecule has 1 rings (SSSR count). The second-order valence-corrected chi connectivity index (χ2v) is 4.04. The number of hydrogen-bond acceptors (Lipinski definition) is 3. The molecule has 3 nitrogen and oxygen atoms in total. The normalized spacial score (nSPS) is 15.2. The third kappa shape index (κ3) is 5.03. The number of nitrogens with zero attached hydrogens (tertiary/aromatic N) is 2. The Bertz CT molecular complexity index is 309. The van der Waals surface area contributed by atoms with Crippen molar-refractivity contribution in [2.75, 3.05) is 0 Å². The quantitative estimate of drug-likeness (QED) is 0.730. The van der Waals surface area contributed by atoms with Gasteiger partial charge >= 0.3 is 0 Å². The van der Waals surface area contributed by atoms with Crippen molar-refractivity contribution in [3.8, 4) is 0 Å². The summed E-state index contributed by atoms with van der Waals surface area (Å²) >= 11 is 0. The maximum absolute atomic E-state index is 9.21. The molecule has 1 N–H and O–H groups in total. The molecule has 16 heavy (non-hydrogen) atoms. The van der Waals surface area contributed by atoms with Crippen molar-refractivity contribution in [2.24, 2.45) is 10.2 Å². The van der Waals surface area contributed by atoms with Gasteiger partial charge in [-0.05, 0) is 38.3 Å². The molecule has 0 spiro atoms. The van der Waals surface area contributed by atoms with Crippen LogP contribution in [0.5, 0.6) is 0 Å². The third-order valence-corrected chi connectivity index (χ3v) is 2.48. The second-order valence-electron chi connectivity index (χ2n) is 4.04. The molecule has 0 bridgehead atoms. The van der Waals surface area contributed by atoms with Gasteiger partial charge in [0.25, 0.3) is 0 Å². The predicted molar refractivity (Wildman–Crippen MR) is 66.0 cm³/mol. The van der Waals surface area contributed by atoms with E-state index in [0.717, 1.165) is 24.9 Å². The largest absolute Gasteiger partial charge is 0.393 e. The van der Waals surface area contributed by atoms with Crippen LogP contribution in [0.15, 0.2) is 40.6 Å². The summed E-state index contributed by atoms with van der Waals surface area (Å²) in [5, 5.41) is 17.7. The van der Waals surface area contributed by atoms with E-state index in [9.17, 15) is 5.11 Å². The number of azo groups is 1. The van der Waals surface area contributed by atoms with Gasteiger partial charge < -0.3 is 5.11 Å². The first-order valence-electron chi connectivity index (χ1n) is 5.86. The Morgan fingerprint density at radius 1 is 1.19 bits per heavy atom. The standard InChI is InChI=1S/C13H20N2O/c1-3-12(10-9-11(2)16)14-15-13-7-5-4-6-8-13/h4-8,11-12,16H,3,9-10H2,1-2H3. The summed E-state index contributed by atoms with van der Waals surface area (Å²) in [6, 6.07) is 9.95. The minimum absolute atomic E-state index is 0.217. The Morgan fingerprint density at radius 3 is 2.44 bits per heavy atom. The second kappa shape index (κ2) is 7.12. The van der Waals surface area contributed by atoms with Gasteiger partial charge in [0.15, 0.2) is 0 Å². The molecule has 0 aliphatic rings. The molecule has 0 saturated heterocycles. The maximum Gasteiger partial charge on any atom is 0.0852 e. The van der Waals surface area contributed by atoms with E-state index >= 15 is 0 Å². The van der Waals surface area contributed by atoms with Gasteiger partial charge in [0.05, 0.1) is 17.8 Å². The van der Waals surface area contributed by atoms with Gasteiger partial charge in [0.2, 0.25) is 0 Å². The zero-order chi connectivity index (χ0) is 11.8. The molecule has 1 aromatic rings. The molecule has 3 heteroatoms. The van der Waals surface area contributed by atoms with Gasteiger partial charge in [-0.25, -0.2) is 0 Å². The molecule has 2 atom stereocenters. The monoisotopic (exact) mass is 220 g/mol. The van der Waals surface area contributed by atoms with E-state index < -0.39 is 0 Å². The van der Waals surface area contributed by atoms with E-state index in [1.54, 1.807) is 6.92 Å². The Balaban J connectivity index is 2.46. The van der Waals surface area contributed by atoms with Crippen LogP contribution < -0.4 is 0 Å². The molecule has 0 aromatic heterocycles. The van der Waals surface area contributed by atoms with Gasteiger partial charge in [-0.15, -0.1) is 0 Å². The van der Waals surface area contributed by atoms with Crippen LogP contribution in [0.4, 0.5) is 5.69 Å². The molecule has 0 heterocycles. The van der Waals surface area contributed by atoms with Crippen molar-refractivity contribution in [2.45, 2.75) is 45.3 Å². The van der Waals surface area contributed by atoms with E-state index in [4.69, 9.17) is 0 Å². The van der Waals surface area contributed by atoms with Crippen LogP contribution in [0.3, 0.4) is 0 Å². The fraction of sp³-hybridized carbons (Fsp3) is 0.538. The van der Waals surface area contributed by atoms with Crippen molar-refractivity contribution in [1.29, 1.82) is 0 Å². The number of hydrogen-bond donors (Lipinski definition) is 1. The lowest BCUT2D eigenvalue weighted by atomic mass is 10.1. The average molecular weight is 220 g/mol. The van der Waals surface area contributed by atoms with E-state index in [1.807, 2.05) is 30.3 Å². The highest BCUT2D eigenvalue weighted by atomic mass is 16.3. The van der Waals surface area contributed by atoms with E-state index in [1.165, 1.54) is 0 Å². The van der Waals surface area contributed by atoms with Crippen LogP contribution in [0.2, 0.25) is 0 Å². The Labute approximate surface area is 97.2 Å². The van der Waals surface area contributed by atoms with Crippen molar-refractivity contribution in [3.05, 3.63) is 30.3 Å². The molecule has 88 valence electrons. The number of aliphatic hydroxyl groups is 1. The average Bonchev–Trinajstić information content (AvgIpc) is 2.30. The highest BCUT2D eigenvalue weighted by Gasteiger charge is 2.06. The van der Waals surface area contributed by atoms with Crippen LogP contribution >= 0.6 is 0 Å². The highest BCUT2D eigenvalue weighted by Crippen LogP contribution is 2.15. The summed E-state index contributed by atoms with van der Waals surface area (Å²) in [6.45, 7) is 3.90. The highest BCUT2D eigenvalue weighted by molar-refractivity contribution is 5.34. The van der Waals surface area contributed by atoms with Gasteiger partial charge in [-0.1, -0.05) is 25.1 Å². The lowest BCUT2D eigenvalue weighted by Crippen LogP contribution is -2.07. The number of rotatable bonds is 6. The summed E-state index contributed by atoms with van der Waals surface area (Å²) in [5.41, 5.74) is 0.887. The van der Waals surface area contributed by atoms with E-state index in [0.29, 0.717) is 0 Å². The van der Waals surface area contributed by atoms with Crippen molar-refractivity contribution >= 4 is 5.69 Å². The van der Waals surface area contributed by atoms with Crippen LogP contribution in [0.25, 0.3) is 0 Å². The number of aliphatic hydroxyl groups excluding tert-OH is 1. The minimum Gasteiger partial charge on any atom is -0.393 e. The molecule has 0 saturated carbocycles. The Kier molecular flexibility index (Phi) is 5.72. The van der Waals surface area contributed by atoms with Crippen molar-refractivity contribution < 1.29 is 5.11 Å². The fourth-order valence-electron chi connectivity index (χ4n) is 1.42. The van der Waals surface area contributed by atoms with Crippen LogP contribution in [-0.4, -0.2) is 17.3 Å². The fourth-order valence-corrected chi connectivity index (χ4v) is 1.42. The first-order chi connectivity index (χ1) is 7.72. The van der Waals surface area contributed by atoms with Gasteiger partial charge in [-0.3, -0.25) is 0 Å². The van der Waals surface area contributed by atoms with Crippen molar-refractivity contribution in [1.82, 2.24) is 0 Å². The van der Waals surface area contributed by atoms with Crippen LogP contribution in [-0.2, 0) is 0 Å². The molecular weight excluding hydrogens is 200 g/mol. The molecule has 1 aromatic carbocycles. The smallest absolute Gasteiger partial charge is 0.0852 e. The number of benzene rings is 1. The van der Waals surface area contributed by atoms with Gasteiger partial charge in [-0.2, -0.15) is 10.2 Å². The summed E-state index contributed by atoms with van der Waals surface area (Å²) in [6.07, 6.45) is 2.39.